The van der Waals surface area contributed by atoms with Gasteiger partial charge in [0.1, 0.15) is 12.1 Å². The Labute approximate surface area is 96.4 Å². The van der Waals surface area contributed by atoms with E-state index in [4.69, 9.17) is 0 Å². The third kappa shape index (κ3) is 2.08. The van der Waals surface area contributed by atoms with E-state index in [1.54, 1.807) is 0 Å². The van der Waals surface area contributed by atoms with E-state index in [2.05, 4.69) is 48.7 Å². The molecule has 2 unspecified atom stereocenters. The summed E-state index contributed by atoms with van der Waals surface area (Å²) in [5.41, 5.74) is 1.03. The molecule has 1 saturated heterocycles. The van der Waals surface area contributed by atoms with Crippen molar-refractivity contribution in [3.63, 3.8) is 0 Å². The number of likely N-dealkylation sites (N-methyl/N-ethyl adjacent to an activating group) is 1. The Morgan fingerprint density at radius 3 is 2.00 bits per heavy atom. The van der Waals surface area contributed by atoms with Crippen molar-refractivity contribution in [2.24, 2.45) is 11.3 Å². The highest BCUT2D eigenvalue weighted by Crippen LogP contribution is 2.53. The van der Waals surface area contributed by atoms with Crippen LogP contribution in [0.25, 0.3) is 0 Å². The molecule has 0 amide bonds. The van der Waals surface area contributed by atoms with Crippen molar-refractivity contribution < 1.29 is 4.48 Å². The lowest BCUT2D eigenvalue weighted by atomic mass is 9.68. The standard InChI is InChI=1S/C14H30N/c1-8-10-12(13(3,4)9-2)14(5)11-15(14,6)7/h12H,8-11H2,1-7H3/q+1. The fourth-order valence-electron chi connectivity index (χ4n) is 3.38. The smallest absolute Gasteiger partial charge is 0.149 e. The number of hydrogen-bond acceptors (Lipinski definition) is 0. The van der Waals surface area contributed by atoms with Gasteiger partial charge in [0.05, 0.1) is 14.1 Å². The van der Waals surface area contributed by atoms with Gasteiger partial charge >= 0.3 is 0 Å². The van der Waals surface area contributed by atoms with Crippen LogP contribution in [0.5, 0.6) is 0 Å². The van der Waals surface area contributed by atoms with Crippen LogP contribution in [0.3, 0.4) is 0 Å². The molecule has 0 aromatic rings. The van der Waals surface area contributed by atoms with Crippen LogP contribution in [0, 0.1) is 11.3 Å². The van der Waals surface area contributed by atoms with Gasteiger partial charge in [-0.15, -0.1) is 0 Å². The summed E-state index contributed by atoms with van der Waals surface area (Å²) in [5, 5.41) is 0. The lowest BCUT2D eigenvalue weighted by Gasteiger charge is -2.37. The van der Waals surface area contributed by atoms with Gasteiger partial charge < -0.3 is 4.48 Å². The summed E-state index contributed by atoms with van der Waals surface area (Å²) in [4.78, 5) is 0. The van der Waals surface area contributed by atoms with Gasteiger partial charge in [-0.3, -0.25) is 0 Å². The van der Waals surface area contributed by atoms with Gasteiger partial charge in [-0.2, -0.15) is 0 Å². The van der Waals surface area contributed by atoms with Gasteiger partial charge in [0, 0.05) is 5.92 Å². The lowest BCUT2D eigenvalue weighted by Crippen LogP contribution is -2.41. The first-order valence-corrected chi connectivity index (χ1v) is 6.54. The Hall–Kier alpha value is -0.0400. The molecule has 0 spiro atoms. The van der Waals surface area contributed by atoms with E-state index in [0.29, 0.717) is 11.0 Å². The minimum absolute atomic E-state index is 0.497. The molecule has 1 aliphatic rings. The summed E-state index contributed by atoms with van der Waals surface area (Å²) >= 11 is 0. The molecule has 1 rings (SSSR count). The van der Waals surface area contributed by atoms with Crippen molar-refractivity contribution in [3.05, 3.63) is 0 Å². The highest BCUT2D eigenvalue weighted by atomic mass is 15.5. The van der Waals surface area contributed by atoms with Crippen molar-refractivity contribution in [3.8, 4) is 0 Å². The van der Waals surface area contributed by atoms with E-state index in [-0.39, 0.29) is 0 Å². The molecule has 0 aromatic carbocycles. The van der Waals surface area contributed by atoms with Crippen LogP contribution in [0.4, 0.5) is 0 Å². The lowest BCUT2D eigenvalue weighted by molar-refractivity contribution is -0.790. The predicted octanol–water partition coefficient (Wildman–Crippen LogP) is 3.69. The normalized spacial score (nSPS) is 31.4. The third-order valence-corrected chi connectivity index (χ3v) is 5.18. The molecule has 1 heterocycles. The Kier molecular flexibility index (Phi) is 3.27. The van der Waals surface area contributed by atoms with Gasteiger partial charge in [0.25, 0.3) is 0 Å². The van der Waals surface area contributed by atoms with E-state index < -0.39 is 0 Å². The summed E-state index contributed by atoms with van der Waals surface area (Å²) in [7, 11) is 4.77. The molecule has 0 saturated carbocycles. The molecular weight excluding hydrogens is 182 g/mol. The molecule has 0 radical (unpaired) electrons. The summed E-state index contributed by atoms with van der Waals surface area (Å²) in [6, 6.07) is 0. The molecule has 0 aromatic heterocycles. The quantitative estimate of drug-likeness (QED) is 0.482. The molecule has 1 fully saturated rings. The van der Waals surface area contributed by atoms with Gasteiger partial charge in [0.2, 0.25) is 0 Å². The largest absolute Gasteiger partial charge is 0.314 e. The highest BCUT2D eigenvalue weighted by Gasteiger charge is 2.66. The fraction of sp³-hybridized carbons (Fsp3) is 1.00. The summed E-state index contributed by atoms with van der Waals surface area (Å²) in [6.07, 6.45) is 4.01. The Balaban J connectivity index is 2.86. The first-order chi connectivity index (χ1) is 6.71. The van der Waals surface area contributed by atoms with Crippen molar-refractivity contribution >= 4 is 0 Å². The maximum absolute atomic E-state index is 2.49. The van der Waals surface area contributed by atoms with Crippen LogP contribution < -0.4 is 0 Å². The first kappa shape index (κ1) is 13.0. The average Bonchev–Trinajstić information content (AvgIpc) is 2.62. The first-order valence-electron chi connectivity index (χ1n) is 6.54. The van der Waals surface area contributed by atoms with Gasteiger partial charge in [0.15, 0.2) is 0 Å². The second-order valence-corrected chi connectivity index (χ2v) is 6.88. The number of rotatable bonds is 5. The molecule has 90 valence electrons. The molecule has 1 heteroatoms. The monoisotopic (exact) mass is 212 g/mol. The number of hydrogen-bond donors (Lipinski definition) is 0. The maximum Gasteiger partial charge on any atom is 0.149 e. The van der Waals surface area contributed by atoms with Crippen LogP contribution in [0.2, 0.25) is 0 Å². The number of quaternary nitrogens is 1. The molecular formula is C14H30N+. The molecule has 1 nitrogen and oxygen atoms in total. The zero-order chi connectivity index (χ0) is 11.9. The van der Waals surface area contributed by atoms with Crippen molar-refractivity contribution in [2.45, 2.75) is 59.4 Å². The summed E-state index contributed by atoms with van der Waals surface area (Å²) in [5.74, 6) is 0.870. The minimum atomic E-state index is 0.497. The van der Waals surface area contributed by atoms with Crippen molar-refractivity contribution in [2.75, 3.05) is 20.6 Å². The van der Waals surface area contributed by atoms with Gasteiger partial charge in [-0.1, -0.05) is 40.5 Å². The topological polar surface area (TPSA) is 0 Å². The molecule has 0 bridgehead atoms. The molecule has 2 atom stereocenters. The van der Waals surface area contributed by atoms with E-state index in [0.717, 1.165) is 5.92 Å². The molecule has 0 N–H and O–H groups in total. The van der Waals surface area contributed by atoms with Gasteiger partial charge in [-0.05, 0) is 18.8 Å². The zero-order valence-electron chi connectivity index (χ0n) is 11.9. The number of nitrogens with zero attached hydrogens (tertiary/aromatic N) is 1. The van der Waals surface area contributed by atoms with E-state index in [1.165, 1.54) is 30.3 Å². The summed E-state index contributed by atoms with van der Waals surface area (Å²) < 4.78 is 1.22. The van der Waals surface area contributed by atoms with Gasteiger partial charge in [-0.25, -0.2) is 0 Å². The SMILES string of the molecule is CCCC(C(C)(C)CC)C1(C)C[N+]1(C)C. The second kappa shape index (κ2) is 3.76. The van der Waals surface area contributed by atoms with E-state index >= 15 is 0 Å². The van der Waals surface area contributed by atoms with Crippen LogP contribution in [-0.4, -0.2) is 30.7 Å². The van der Waals surface area contributed by atoms with E-state index in [1.807, 2.05) is 0 Å². The van der Waals surface area contributed by atoms with E-state index in [9.17, 15) is 0 Å². The fourth-order valence-corrected chi connectivity index (χ4v) is 3.38. The van der Waals surface area contributed by atoms with Crippen LogP contribution in [-0.2, 0) is 0 Å². The zero-order valence-corrected chi connectivity index (χ0v) is 11.9. The molecule has 15 heavy (non-hydrogen) atoms. The molecule has 0 aliphatic carbocycles. The summed E-state index contributed by atoms with van der Waals surface area (Å²) in [6.45, 7) is 13.4. The molecule has 1 aliphatic heterocycles. The van der Waals surface area contributed by atoms with Crippen molar-refractivity contribution in [1.82, 2.24) is 0 Å². The second-order valence-electron chi connectivity index (χ2n) is 6.88. The average molecular weight is 212 g/mol. The minimum Gasteiger partial charge on any atom is -0.314 e. The van der Waals surface area contributed by atoms with Crippen LogP contribution >= 0.6 is 0 Å². The van der Waals surface area contributed by atoms with Crippen LogP contribution in [0.15, 0.2) is 0 Å². The predicted molar refractivity (Wildman–Crippen MR) is 67.9 cm³/mol. The highest BCUT2D eigenvalue weighted by molar-refractivity contribution is 4.99. The maximum atomic E-state index is 2.49. The van der Waals surface area contributed by atoms with Crippen molar-refractivity contribution in [1.29, 1.82) is 0 Å². The Morgan fingerprint density at radius 1 is 1.27 bits per heavy atom. The Morgan fingerprint density at radius 2 is 1.73 bits per heavy atom. The third-order valence-electron chi connectivity index (χ3n) is 5.18. The Bertz CT molecular complexity index is 229. The van der Waals surface area contributed by atoms with Crippen LogP contribution in [0.1, 0.15) is 53.9 Å².